The molecular weight excluding hydrogens is 326 g/mol. The van der Waals surface area contributed by atoms with Crippen molar-refractivity contribution in [2.24, 2.45) is 7.05 Å². The van der Waals surface area contributed by atoms with E-state index in [-0.39, 0.29) is 12.1 Å². The number of amides is 4. The molecule has 6 nitrogen and oxygen atoms in total. The third-order valence-corrected chi connectivity index (χ3v) is 5.06. The van der Waals surface area contributed by atoms with Crippen molar-refractivity contribution in [1.29, 1.82) is 0 Å². The Balaban J connectivity index is 1.96. The predicted molar refractivity (Wildman–Crippen MR) is 91.3 cm³/mol. The maximum absolute atomic E-state index is 12.7. The number of thiophene rings is 1. The van der Waals surface area contributed by atoms with Gasteiger partial charge in [0.1, 0.15) is 5.57 Å². The van der Waals surface area contributed by atoms with E-state index >= 15 is 0 Å². The van der Waals surface area contributed by atoms with Crippen molar-refractivity contribution in [1.82, 2.24) is 14.8 Å². The Kier molecular flexibility index (Phi) is 4.11. The first-order valence-corrected chi connectivity index (χ1v) is 8.30. The number of hydrogen-bond acceptors (Lipinski definition) is 4. The minimum absolute atomic E-state index is 0.0279. The molecule has 4 amide bonds. The van der Waals surface area contributed by atoms with Crippen LogP contribution in [0.25, 0.3) is 6.08 Å². The first kappa shape index (κ1) is 16.2. The Bertz CT molecular complexity index is 862. The highest BCUT2D eigenvalue weighted by Crippen LogP contribution is 2.21. The van der Waals surface area contributed by atoms with Gasteiger partial charge in [-0.05, 0) is 43.0 Å². The summed E-state index contributed by atoms with van der Waals surface area (Å²) in [6.45, 7) is 4.02. The molecule has 0 radical (unpaired) electrons. The third kappa shape index (κ3) is 2.78. The molecule has 0 atom stereocenters. The molecule has 124 valence electrons. The maximum Gasteiger partial charge on any atom is 0.331 e. The van der Waals surface area contributed by atoms with E-state index in [0.717, 1.165) is 26.7 Å². The van der Waals surface area contributed by atoms with Crippen LogP contribution in [0.15, 0.2) is 29.2 Å². The van der Waals surface area contributed by atoms with Crippen molar-refractivity contribution in [2.75, 3.05) is 0 Å². The SMILES string of the molecule is Cc1cc(/C=C2\C(=O)NC(=O)N(Cc3cccs3)C2=O)c(C)n1C. The third-order valence-electron chi connectivity index (χ3n) is 4.19. The van der Waals surface area contributed by atoms with Crippen LogP contribution in [-0.4, -0.2) is 27.3 Å². The topological polar surface area (TPSA) is 71.4 Å². The number of nitrogens with one attached hydrogen (secondary N) is 1. The van der Waals surface area contributed by atoms with Crippen LogP contribution < -0.4 is 5.32 Å². The number of carbonyl (C=O) groups excluding carboxylic acids is 3. The van der Waals surface area contributed by atoms with Gasteiger partial charge in [-0.3, -0.25) is 19.8 Å². The highest BCUT2D eigenvalue weighted by Gasteiger charge is 2.36. The van der Waals surface area contributed by atoms with Gasteiger partial charge in [0.25, 0.3) is 11.8 Å². The molecule has 0 aliphatic carbocycles. The number of nitrogens with zero attached hydrogens (tertiary/aromatic N) is 2. The van der Waals surface area contributed by atoms with Crippen molar-refractivity contribution in [3.8, 4) is 0 Å². The summed E-state index contributed by atoms with van der Waals surface area (Å²) in [6.07, 6.45) is 1.55. The summed E-state index contributed by atoms with van der Waals surface area (Å²) >= 11 is 1.45. The molecule has 24 heavy (non-hydrogen) atoms. The smallest absolute Gasteiger partial charge is 0.331 e. The summed E-state index contributed by atoms with van der Waals surface area (Å²) in [5.74, 6) is -1.23. The first-order valence-electron chi connectivity index (χ1n) is 7.42. The second-order valence-electron chi connectivity index (χ2n) is 5.67. The van der Waals surface area contributed by atoms with Crippen LogP contribution in [-0.2, 0) is 23.2 Å². The van der Waals surface area contributed by atoms with Crippen LogP contribution in [0.2, 0.25) is 0 Å². The van der Waals surface area contributed by atoms with Crippen molar-refractivity contribution in [2.45, 2.75) is 20.4 Å². The van der Waals surface area contributed by atoms with Crippen LogP contribution in [0.4, 0.5) is 4.79 Å². The van der Waals surface area contributed by atoms with Crippen molar-refractivity contribution >= 4 is 35.3 Å². The Morgan fingerprint density at radius 3 is 2.58 bits per heavy atom. The quantitative estimate of drug-likeness (QED) is 0.687. The first-order chi connectivity index (χ1) is 11.4. The molecule has 0 unspecified atom stereocenters. The monoisotopic (exact) mass is 343 g/mol. The second-order valence-corrected chi connectivity index (χ2v) is 6.71. The minimum Gasteiger partial charge on any atom is -0.352 e. The standard InChI is InChI=1S/C17H17N3O3S/c1-10-7-12(11(2)19(10)3)8-14-15(21)18-17(23)20(16(14)22)9-13-5-4-6-24-13/h4-8H,9H2,1-3H3,(H,18,21,23)/b14-8+. The molecule has 3 heterocycles. The van der Waals surface area contributed by atoms with Crippen LogP contribution in [0.5, 0.6) is 0 Å². The van der Waals surface area contributed by atoms with Gasteiger partial charge in [0, 0.05) is 23.3 Å². The molecule has 7 heteroatoms. The molecule has 0 aromatic carbocycles. The number of urea groups is 1. The highest BCUT2D eigenvalue weighted by atomic mass is 32.1. The summed E-state index contributed by atoms with van der Waals surface area (Å²) < 4.78 is 1.98. The summed E-state index contributed by atoms with van der Waals surface area (Å²) in [6, 6.07) is 4.92. The van der Waals surface area contributed by atoms with E-state index in [1.165, 1.54) is 11.3 Å². The van der Waals surface area contributed by atoms with Gasteiger partial charge in [0.15, 0.2) is 0 Å². The van der Waals surface area contributed by atoms with E-state index in [9.17, 15) is 14.4 Å². The maximum atomic E-state index is 12.7. The van der Waals surface area contributed by atoms with Gasteiger partial charge >= 0.3 is 6.03 Å². The lowest BCUT2D eigenvalue weighted by Crippen LogP contribution is -2.53. The average Bonchev–Trinajstić information content (AvgIpc) is 3.13. The number of carbonyl (C=O) groups is 3. The van der Waals surface area contributed by atoms with E-state index in [2.05, 4.69) is 5.32 Å². The molecule has 1 fully saturated rings. The van der Waals surface area contributed by atoms with E-state index in [1.807, 2.05) is 49.0 Å². The fourth-order valence-corrected chi connectivity index (χ4v) is 3.27. The number of barbiturate groups is 1. The molecule has 0 saturated carbocycles. The molecule has 3 rings (SSSR count). The molecule has 1 aliphatic rings. The van der Waals surface area contributed by atoms with Crippen molar-refractivity contribution in [3.63, 3.8) is 0 Å². The lowest BCUT2D eigenvalue weighted by atomic mass is 10.1. The molecule has 1 aliphatic heterocycles. The van der Waals surface area contributed by atoms with Crippen LogP contribution >= 0.6 is 11.3 Å². The van der Waals surface area contributed by atoms with E-state index in [4.69, 9.17) is 0 Å². The van der Waals surface area contributed by atoms with E-state index < -0.39 is 17.8 Å². The molecule has 1 saturated heterocycles. The van der Waals surface area contributed by atoms with Gasteiger partial charge in [-0.2, -0.15) is 0 Å². The summed E-state index contributed by atoms with van der Waals surface area (Å²) in [7, 11) is 1.92. The Morgan fingerprint density at radius 1 is 1.25 bits per heavy atom. The molecule has 1 N–H and O–H groups in total. The molecule has 0 spiro atoms. The van der Waals surface area contributed by atoms with Gasteiger partial charge in [-0.15, -0.1) is 11.3 Å². The number of rotatable bonds is 3. The van der Waals surface area contributed by atoms with E-state index in [1.54, 1.807) is 6.08 Å². The number of aryl methyl sites for hydroxylation is 1. The Labute approximate surface area is 143 Å². The zero-order valence-electron chi connectivity index (χ0n) is 13.6. The van der Waals surface area contributed by atoms with Crippen LogP contribution in [0.1, 0.15) is 21.8 Å². The average molecular weight is 343 g/mol. The number of imide groups is 2. The second kappa shape index (κ2) is 6.09. The normalized spacial score (nSPS) is 16.9. The highest BCUT2D eigenvalue weighted by molar-refractivity contribution is 7.09. The van der Waals surface area contributed by atoms with Gasteiger partial charge < -0.3 is 4.57 Å². The zero-order valence-corrected chi connectivity index (χ0v) is 14.4. The summed E-state index contributed by atoms with van der Waals surface area (Å²) in [4.78, 5) is 38.7. The fourth-order valence-electron chi connectivity index (χ4n) is 2.58. The lowest BCUT2D eigenvalue weighted by molar-refractivity contribution is -0.130. The molecule has 2 aromatic rings. The zero-order chi connectivity index (χ0) is 17.4. The van der Waals surface area contributed by atoms with Gasteiger partial charge in [-0.1, -0.05) is 6.07 Å². The molecule has 0 bridgehead atoms. The number of hydrogen-bond donors (Lipinski definition) is 1. The Hall–Kier alpha value is -2.67. The van der Waals surface area contributed by atoms with E-state index in [0.29, 0.717) is 0 Å². The van der Waals surface area contributed by atoms with Gasteiger partial charge in [0.2, 0.25) is 0 Å². The predicted octanol–water partition coefficient (Wildman–Crippen LogP) is 2.37. The van der Waals surface area contributed by atoms with Gasteiger partial charge in [-0.25, -0.2) is 4.79 Å². The van der Waals surface area contributed by atoms with Crippen LogP contribution in [0.3, 0.4) is 0 Å². The summed E-state index contributed by atoms with van der Waals surface area (Å²) in [5.41, 5.74) is 2.73. The number of aromatic nitrogens is 1. The van der Waals surface area contributed by atoms with Crippen LogP contribution in [0, 0.1) is 13.8 Å². The lowest BCUT2D eigenvalue weighted by Gasteiger charge is -2.25. The van der Waals surface area contributed by atoms with Crippen molar-refractivity contribution < 1.29 is 14.4 Å². The fraction of sp³-hybridized carbons (Fsp3) is 0.235. The minimum atomic E-state index is -0.684. The largest absolute Gasteiger partial charge is 0.352 e. The summed E-state index contributed by atoms with van der Waals surface area (Å²) in [5, 5.41) is 4.11. The van der Waals surface area contributed by atoms with Crippen molar-refractivity contribution in [3.05, 3.63) is 51.0 Å². The molecular formula is C17H17N3O3S. The molecule has 2 aromatic heterocycles. The Morgan fingerprint density at radius 2 is 2.00 bits per heavy atom. The van der Waals surface area contributed by atoms with Gasteiger partial charge in [0.05, 0.1) is 6.54 Å².